The minimum atomic E-state index is -0.417. The number of halogens is 1. The highest BCUT2D eigenvalue weighted by molar-refractivity contribution is 9.10. The Kier molecular flexibility index (Phi) is 3.85. The molecule has 0 spiro atoms. The molecule has 0 heterocycles. The van der Waals surface area contributed by atoms with Crippen molar-refractivity contribution in [3.63, 3.8) is 0 Å². The number of aryl methyl sites for hydroxylation is 2. The summed E-state index contributed by atoms with van der Waals surface area (Å²) >= 11 is 3.41. The molecular weight excluding hydrogens is 310 g/mol. The Morgan fingerprint density at radius 2 is 1.89 bits per heavy atom. The second-order valence-electron chi connectivity index (χ2n) is 4.27. The lowest BCUT2D eigenvalue weighted by Gasteiger charge is -2.09. The molecular formula is C14H12BrNO3. The normalized spacial score (nSPS) is 10.3. The second kappa shape index (κ2) is 5.40. The minimum absolute atomic E-state index is 0.0651. The third kappa shape index (κ3) is 3.32. The van der Waals surface area contributed by atoms with Gasteiger partial charge in [-0.15, -0.1) is 0 Å². The van der Waals surface area contributed by atoms with Gasteiger partial charge in [-0.2, -0.15) is 0 Å². The Morgan fingerprint density at radius 1 is 1.16 bits per heavy atom. The van der Waals surface area contributed by atoms with Crippen LogP contribution in [0.5, 0.6) is 11.5 Å². The van der Waals surface area contributed by atoms with Crippen molar-refractivity contribution >= 4 is 21.6 Å². The topological polar surface area (TPSA) is 52.4 Å². The highest BCUT2D eigenvalue weighted by atomic mass is 79.9. The number of benzene rings is 2. The molecule has 2 aromatic rings. The zero-order chi connectivity index (χ0) is 14.0. The van der Waals surface area contributed by atoms with Gasteiger partial charge in [0.1, 0.15) is 11.5 Å². The molecule has 0 aromatic heterocycles. The lowest BCUT2D eigenvalue weighted by Crippen LogP contribution is -1.92. The molecule has 19 heavy (non-hydrogen) atoms. The molecule has 0 aliphatic heterocycles. The van der Waals surface area contributed by atoms with Crippen LogP contribution in [-0.2, 0) is 0 Å². The van der Waals surface area contributed by atoms with E-state index in [0.29, 0.717) is 11.5 Å². The molecule has 0 aliphatic rings. The van der Waals surface area contributed by atoms with Crippen LogP contribution in [0.4, 0.5) is 5.69 Å². The van der Waals surface area contributed by atoms with Gasteiger partial charge in [0.2, 0.25) is 0 Å². The average Bonchev–Trinajstić information content (AvgIpc) is 2.30. The van der Waals surface area contributed by atoms with Gasteiger partial charge in [0, 0.05) is 16.6 Å². The molecule has 2 rings (SSSR count). The number of nitro groups is 1. The Labute approximate surface area is 119 Å². The van der Waals surface area contributed by atoms with Gasteiger partial charge in [-0.25, -0.2) is 0 Å². The zero-order valence-corrected chi connectivity index (χ0v) is 12.1. The summed E-state index contributed by atoms with van der Waals surface area (Å²) < 4.78 is 6.69. The maximum Gasteiger partial charge on any atom is 0.269 e. The molecule has 0 bridgehead atoms. The van der Waals surface area contributed by atoms with Gasteiger partial charge in [-0.05, 0) is 49.2 Å². The first-order valence-electron chi connectivity index (χ1n) is 5.66. The molecule has 0 saturated carbocycles. The molecule has 0 amide bonds. The van der Waals surface area contributed by atoms with Crippen molar-refractivity contribution in [3.05, 3.63) is 62.1 Å². The van der Waals surface area contributed by atoms with Gasteiger partial charge in [0.25, 0.3) is 5.69 Å². The Morgan fingerprint density at radius 3 is 2.47 bits per heavy atom. The largest absolute Gasteiger partial charge is 0.457 e. The first kappa shape index (κ1) is 13.5. The molecule has 0 aliphatic carbocycles. The molecule has 0 saturated heterocycles. The summed E-state index contributed by atoms with van der Waals surface area (Å²) in [5.41, 5.74) is 1.87. The summed E-state index contributed by atoms with van der Waals surface area (Å²) in [6.45, 7) is 3.76. The van der Waals surface area contributed by atoms with Crippen molar-refractivity contribution in [2.45, 2.75) is 13.8 Å². The van der Waals surface area contributed by atoms with Crippen LogP contribution in [0.2, 0.25) is 0 Å². The Hall–Kier alpha value is -1.88. The number of nitrogens with zero attached hydrogens (tertiary/aromatic N) is 1. The van der Waals surface area contributed by atoms with Gasteiger partial charge in [0.15, 0.2) is 0 Å². The van der Waals surface area contributed by atoms with Gasteiger partial charge in [-0.3, -0.25) is 10.1 Å². The predicted octanol–water partition coefficient (Wildman–Crippen LogP) is 4.77. The van der Waals surface area contributed by atoms with E-state index < -0.39 is 4.92 Å². The van der Waals surface area contributed by atoms with E-state index in [2.05, 4.69) is 15.9 Å². The summed E-state index contributed by atoms with van der Waals surface area (Å²) in [5, 5.41) is 10.7. The van der Waals surface area contributed by atoms with E-state index in [1.807, 2.05) is 25.1 Å². The van der Waals surface area contributed by atoms with Crippen molar-refractivity contribution in [3.8, 4) is 11.5 Å². The van der Waals surface area contributed by atoms with Crippen molar-refractivity contribution < 1.29 is 9.66 Å². The molecule has 0 radical (unpaired) electrons. The molecule has 0 fully saturated rings. The quantitative estimate of drug-likeness (QED) is 0.604. The molecule has 4 nitrogen and oxygen atoms in total. The number of hydrogen-bond donors (Lipinski definition) is 0. The SMILES string of the molecule is Cc1cc(Br)cc(Oc2ccc([N+](=O)[O-])cc2C)c1. The van der Waals surface area contributed by atoms with Crippen LogP contribution in [0, 0.1) is 24.0 Å². The molecule has 5 heteroatoms. The monoisotopic (exact) mass is 321 g/mol. The third-order valence-corrected chi connectivity index (χ3v) is 3.07. The van der Waals surface area contributed by atoms with E-state index in [4.69, 9.17) is 4.74 Å². The fraction of sp³-hybridized carbons (Fsp3) is 0.143. The fourth-order valence-corrected chi connectivity index (χ4v) is 2.34. The molecule has 98 valence electrons. The van der Waals surface area contributed by atoms with Gasteiger partial charge in [-0.1, -0.05) is 15.9 Å². The molecule has 0 N–H and O–H groups in total. The van der Waals surface area contributed by atoms with Crippen LogP contribution in [0.3, 0.4) is 0 Å². The van der Waals surface area contributed by atoms with E-state index in [9.17, 15) is 10.1 Å². The van der Waals surface area contributed by atoms with Crippen LogP contribution in [0.15, 0.2) is 40.9 Å². The number of non-ortho nitro benzene ring substituents is 1. The summed E-state index contributed by atoms with van der Waals surface area (Å²) in [6, 6.07) is 10.3. The van der Waals surface area contributed by atoms with Crippen LogP contribution in [-0.4, -0.2) is 4.92 Å². The summed E-state index contributed by atoms with van der Waals surface area (Å²) in [6.07, 6.45) is 0. The smallest absolute Gasteiger partial charge is 0.269 e. The highest BCUT2D eigenvalue weighted by Gasteiger charge is 2.09. The molecule has 0 atom stereocenters. The molecule has 2 aromatic carbocycles. The standard InChI is InChI=1S/C14H12BrNO3/c1-9-5-11(15)8-13(6-9)19-14-4-3-12(16(17)18)7-10(14)2/h3-8H,1-2H3. The van der Waals surface area contributed by atoms with Crippen LogP contribution >= 0.6 is 15.9 Å². The van der Waals surface area contributed by atoms with Crippen molar-refractivity contribution in [2.24, 2.45) is 0 Å². The Bertz CT molecular complexity index is 620. The lowest BCUT2D eigenvalue weighted by molar-refractivity contribution is -0.384. The van der Waals surface area contributed by atoms with Gasteiger partial charge in [0.05, 0.1) is 4.92 Å². The van der Waals surface area contributed by atoms with E-state index in [0.717, 1.165) is 15.6 Å². The Balaban J connectivity index is 2.30. The highest BCUT2D eigenvalue weighted by Crippen LogP contribution is 2.30. The van der Waals surface area contributed by atoms with Crippen LogP contribution < -0.4 is 4.74 Å². The zero-order valence-electron chi connectivity index (χ0n) is 10.5. The molecule has 0 unspecified atom stereocenters. The number of ether oxygens (including phenoxy) is 1. The average molecular weight is 322 g/mol. The first-order chi connectivity index (χ1) is 8.95. The summed E-state index contributed by atoms with van der Waals surface area (Å²) in [4.78, 5) is 10.3. The maximum absolute atomic E-state index is 10.7. The van der Waals surface area contributed by atoms with Crippen molar-refractivity contribution in [1.82, 2.24) is 0 Å². The summed E-state index contributed by atoms with van der Waals surface area (Å²) in [7, 11) is 0. The lowest BCUT2D eigenvalue weighted by atomic mass is 10.2. The third-order valence-electron chi connectivity index (χ3n) is 2.61. The van der Waals surface area contributed by atoms with Gasteiger partial charge < -0.3 is 4.74 Å². The minimum Gasteiger partial charge on any atom is -0.457 e. The fourth-order valence-electron chi connectivity index (χ4n) is 1.75. The number of hydrogen-bond acceptors (Lipinski definition) is 3. The number of rotatable bonds is 3. The first-order valence-corrected chi connectivity index (χ1v) is 6.45. The second-order valence-corrected chi connectivity index (χ2v) is 5.19. The van der Waals surface area contributed by atoms with Crippen LogP contribution in [0.25, 0.3) is 0 Å². The maximum atomic E-state index is 10.7. The predicted molar refractivity (Wildman–Crippen MR) is 76.8 cm³/mol. The van der Waals surface area contributed by atoms with Crippen molar-refractivity contribution in [1.29, 1.82) is 0 Å². The van der Waals surface area contributed by atoms with Crippen molar-refractivity contribution in [2.75, 3.05) is 0 Å². The van der Waals surface area contributed by atoms with E-state index in [-0.39, 0.29) is 5.69 Å². The van der Waals surface area contributed by atoms with E-state index in [1.54, 1.807) is 13.0 Å². The summed E-state index contributed by atoms with van der Waals surface area (Å²) in [5.74, 6) is 1.31. The van der Waals surface area contributed by atoms with E-state index >= 15 is 0 Å². The number of nitro benzene ring substituents is 1. The van der Waals surface area contributed by atoms with Crippen LogP contribution in [0.1, 0.15) is 11.1 Å². The van der Waals surface area contributed by atoms with Gasteiger partial charge >= 0.3 is 0 Å². The van der Waals surface area contributed by atoms with E-state index in [1.165, 1.54) is 12.1 Å².